The summed E-state index contributed by atoms with van der Waals surface area (Å²) >= 11 is 0. The van der Waals surface area contributed by atoms with E-state index in [0.717, 1.165) is 23.5 Å². The Morgan fingerprint density at radius 3 is 2.54 bits per heavy atom. The number of piperazine rings is 1. The van der Waals surface area contributed by atoms with Crippen LogP contribution < -0.4 is 9.64 Å². The second-order valence-corrected chi connectivity index (χ2v) is 10.2. The van der Waals surface area contributed by atoms with Gasteiger partial charge in [0.2, 0.25) is 5.91 Å². The maximum atomic E-state index is 14.6. The Labute approximate surface area is 223 Å². The highest BCUT2D eigenvalue weighted by Gasteiger charge is 2.36. The molecule has 1 aromatic carbocycles. The van der Waals surface area contributed by atoms with Crippen LogP contribution in [0.15, 0.2) is 24.5 Å². The summed E-state index contributed by atoms with van der Waals surface area (Å²) in [7, 11) is 0. The van der Waals surface area contributed by atoms with E-state index in [0.29, 0.717) is 64.6 Å². The summed E-state index contributed by atoms with van der Waals surface area (Å²) in [6, 6.07) is 3.19. The average Bonchev–Trinajstić information content (AvgIpc) is 3.21. The van der Waals surface area contributed by atoms with Gasteiger partial charge in [0.15, 0.2) is 11.6 Å². The van der Waals surface area contributed by atoms with Crippen molar-refractivity contribution in [2.75, 3.05) is 63.9 Å². The maximum Gasteiger partial charge on any atom is 0.573 e. The van der Waals surface area contributed by atoms with Crippen LogP contribution in [0.25, 0.3) is 0 Å². The van der Waals surface area contributed by atoms with Crippen LogP contribution in [0.4, 0.5) is 23.4 Å². The number of morpholine rings is 1. The van der Waals surface area contributed by atoms with E-state index in [4.69, 9.17) is 4.74 Å². The van der Waals surface area contributed by atoms with Crippen molar-refractivity contribution < 1.29 is 36.9 Å². The minimum Gasteiger partial charge on any atom is -0.403 e. The summed E-state index contributed by atoms with van der Waals surface area (Å²) < 4.78 is 61.7. The molecule has 1 amide bonds. The van der Waals surface area contributed by atoms with Gasteiger partial charge in [-0.15, -0.1) is 13.2 Å². The van der Waals surface area contributed by atoms with E-state index in [2.05, 4.69) is 19.6 Å². The van der Waals surface area contributed by atoms with Gasteiger partial charge in [0.1, 0.15) is 12.1 Å². The number of benzene rings is 1. The number of halogens is 4. The number of aromatic nitrogens is 2. The Kier molecular flexibility index (Phi) is 7.92. The molecule has 3 aliphatic rings. The Balaban J connectivity index is 1.33. The summed E-state index contributed by atoms with van der Waals surface area (Å²) in [5.41, 5.74) is 1.88. The van der Waals surface area contributed by atoms with Crippen LogP contribution in [0.5, 0.6) is 5.75 Å². The lowest BCUT2D eigenvalue weighted by atomic mass is 9.95. The molecule has 1 aromatic heterocycles. The van der Waals surface area contributed by atoms with Crippen molar-refractivity contribution in [1.29, 1.82) is 0 Å². The first-order valence-corrected chi connectivity index (χ1v) is 13.0. The zero-order chi connectivity index (χ0) is 27.7. The van der Waals surface area contributed by atoms with Gasteiger partial charge in [0, 0.05) is 51.4 Å². The molecule has 212 valence electrons. The summed E-state index contributed by atoms with van der Waals surface area (Å²) in [5, 5.41) is 10.3. The summed E-state index contributed by atoms with van der Waals surface area (Å²) in [4.78, 5) is 28.4. The number of fused-ring (bicyclic) bond motifs is 1. The van der Waals surface area contributed by atoms with Gasteiger partial charge in [-0.05, 0) is 30.0 Å². The molecule has 0 unspecified atom stereocenters. The number of hydrogen-bond acceptors (Lipinski definition) is 8. The molecule has 0 saturated carbocycles. The van der Waals surface area contributed by atoms with Crippen LogP contribution >= 0.6 is 0 Å². The minimum atomic E-state index is -5.02. The van der Waals surface area contributed by atoms with Gasteiger partial charge in [-0.2, -0.15) is 0 Å². The molecule has 0 radical (unpaired) electrons. The van der Waals surface area contributed by atoms with Gasteiger partial charge in [0.05, 0.1) is 30.9 Å². The fraction of sp³-hybridized carbons (Fsp3) is 0.577. The number of alkyl halides is 3. The predicted octanol–water partition coefficient (Wildman–Crippen LogP) is 2.82. The second-order valence-electron chi connectivity index (χ2n) is 10.2. The molecule has 1 N–H and O–H groups in total. The molecule has 2 aromatic rings. The zero-order valence-electron chi connectivity index (χ0n) is 21.5. The third-order valence-corrected chi connectivity index (χ3v) is 7.60. The van der Waals surface area contributed by atoms with E-state index in [1.807, 2.05) is 11.8 Å². The van der Waals surface area contributed by atoms with Gasteiger partial charge < -0.3 is 24.4 Å². The first-order valence-electron chi connectivity index (χ1n) is 13.0. The van der Waals surface area contributed by atoms with E-state index in [1.54, 1.807) is 4.90 Å². The smallest absolute Gasteiger partial charge is 0.403 e. The van der Waals surface area contributed by atoms with Crippen molar-refractivity contribution in [3.8, 4) is 5.75 Å². The number of aliphatic hydroxyl groups excluding tert-OH is 1. The molecule has 0 spiro atoms. The number of rotatable bonds is 6. The van der Waals surface area contributed by atoms with Crippen LogP contribution in [0.2, 0.25) is 0 Å². The van der Waals surface area contributed by atoms with E-state index < -0.39 is 30.0 Å². The van der Waals surface area contributed by atoms with Crippen LogP contribution in [0.3, 0.4) is 0 Å². The van der Waals surface area contributed by atoms with Gasteiger partial charge in [0.25, 0.3) is 0 Å². The lowest BCUT2D eigenvalue weighted by Crippen LogP contribution is -2.52. The molecular formula is C26H31F4N5O4. The monoisotopic (exact) mass is 553 g/mol. The minimum absolute atomic E-state index is 0.114. The van der Waals surface area contributed by atoms with Crippen molar-refractivity contribution in [2.45, 2.75) is 37.6 Å². The Morgan fingerprint density at radius 2 is 1.87 bits per heavy atom. The molecule has 5 rings (SSSR count). The zero-order valence-corrected chi connectivity index (χ0v) is 21.5. The van der Waals surface area contributed by atoms with Crippen molar-refractivity contribution in [3.05, 3.63) is 47.2 Å². The highest BCUT2D eigenvalue weighted by molar-refractivity contribution is 5.84. The molecule has 2 saturated heterocycles. The third kappa shape index (κ3) is 6.10. The van der Waals surface area contributed by atoms with Crippen LogP contribution in [0, 0.1) is 5.82 Å². The summed E-state index contributed by atoms with van der Waals surface area (Å²) in [6.45, 7) is 6.32. The highest BCUT2D eigenvalue weighted by atomic mass is 19.4. The Morgan fingerprint density at radius 1 is 1.15 bits per heavy atom. The third-order valence-electron chi connectivity index (χ3n) is 7.60. The van der Waals surface area contributed by atoms with Gasteiger partial charge in [-0.25, -0.2) is 14.4 Å². The van der Waals surface area contributed by atoms with Gasteiger partial charge >= 0.3 is 6.36 Å². The van der Waals surface area contributed by atoms with Crippen LogP contribution in [-0.2, 0) is 9.53 Å². The van der Waals surface area contributed by atoms with Crippen molar-refractivity contribution in [2.24, 2.45) is 0 Å². The summed E-state index contributed by atoms with van der Waals surface area (Å²) in [5.74, 6) is -2.23. The molecule has 2 aliphatic heterocycles. The molecule has 39 heavy (non-hydrogen) atoms. The maximum absolute atomic E-state index is 14.6. The summed E-state index contributed by atoms with van der Waals surface area (Å²) in [6.07, 6.45) is -3.60. The molecule has 3 atom stereocenters. The topological polar surface area (TPSA) is 91.3 Å². The van der Waals surface area contributed by atoms with E-state index in [9.17, 15) is 27.5 Å². The Hall–Kier alpha value is -3.03. The number of carbonyl (C=O) groups is 1. The van der Waals surface area contributed by atoms with Gasteiger partial charge in [-0.1, -0.05) is 13.0 Å². The lowest BCUT2D eigenvalue weighted by molar-refractivity contribution is -0.275. The standard InChI is InChI=1S/C26H31F4N5O4/c1-16-12-20(36)23-22(16)24(32-15-31-23)34-4-6-35(7-5-34)25(37)18(14-33-8-10-38-11-9-33)17-2-3-21(19(27)13-17)39-26(28,29)30/h2-3,13,15-16,18,20,36H,4-12,14H2,1H3/t16-,18-,20-/m1/s1. The number of amides is 1. The normalized spacial score (nSPS) is 23.0. The van der Waals surface area contributed by atoms with Crippen molar-refractivity contribution in [3.63, 3.8) is 0 Å². The first-order chi connectivity index (χ1) is 18.6. The number of ether oxygens (including phenoxy) is 2. The number of nitrogens with zero attached hydrogens (tertiary/aromatic N) is 5. The molecule has 2 fully saturated rings. The Bertz CT molecular complexity index is 1190. The number of hydrogen-bond donors (Lipinski definition) is 1. The fourth-order valence-corrected chi connectivity index (χ4v) is 5.62. The lowest BCUT2D eigenvalue weighted by Gasteiger charge is -2.39. The first kappa shape index (κ1) is 27.5. The van der Waals surface area contributed by atoms with Crippen molar-refractivity contribution >= 4 is 11.7 Å². The molecule has 3 heterocycles. The molecule has 9 nitrogen and oxygen atoms in total. The number of carbonyl (C=O) groups excluding carboxylic acids is 1. The largest absolute Gasteiger partial charge is 0.573 e. The molecule has 13 heteroatoms. The van der Waals surface area contributed by atoms with Gasteiger partial charge in [-0.3, -0.25) is 9.69 Å². The van der Waals surface area contributed by atoms with E-state index in [1.165, 1.54) is 12.4 Å². The number of anilines is 1. The van der Waals surface area contributed by atoms with E-state index >= 15 is 0 Å². The molecule has 0 bridgehead atoms. The van der Waals surface area contributed by atoms with E-state index in [-0.39, 0.29) is 23.9 Å². The molecular weight excluding hydrogens is 522 g/mol. The SMILES string of the molecule is C[C@@H]1C[C@@H](O)c2ncnc(N3CCN(C(=O)[C@H](CN4CCOCC4)c4ccc(OC(F)(F)F)c(F)c4)CC3)c21. The molecule has 1 aliphatic carbocycles. The van der Waals surface area contributed by atoms with Crippen LogP contribution in [-0.4, -0.2) is 96.2 Å². The van der Waals surface area contributed by atoms with Crippen molar-refractivity contribution in [1.82, 2.24) is 19.8 Å². The highest BCUT2D eigenvalue weighted by Crippen LogP contribution is 2.43. The fourth-order valence-electron chi connectivity index (χ4n) is 5.62. The van der Waals surface area contributed by atoms with Crippen LogP contribution in [0.1, 0.15) is 48.1 Å². The predicted molar refractivity (Wildman–Crippen MR) is 132 cm³/mol. The second kappa shape index (κ2) is 11.2. The quantitative estimate of drug-likeness (QED) is 0.547. The average molecular weight is 554 g/mol. The number of aliphatic hydroxyl groups is 1.